The number of rotatable bonds is 1. The number of methoxy groups -OCH3 is 1. The van der Waals surface area contributed by atoms with Gasteiger partial charge in [0.1, 0.15) is 0 Å². The summed E-state index contributed by atoms with van der Waals surface area (Å²) in [5.41, 5.74) is 9.80. The van der Waals surface area contributed by atoms with Crippen molar-refractivity contribution in [3.8, 4) is 0 Å². The first-order valence-corrected chi connectivity index (χ1v) is 4.01. The number of ether oxygens (including phenoxy) is 2. The molecule has 0 heterocycles. The van der Waals surface area contributed by atoms with E-state index in [1.165, 1.54) is 7.11 Å². The standard InChI is InChI=1S/C4H9NOS.C2H5NOS/c1-3(2)6-4(5)7;1-4-2(3)5/h3H,1-2H3,(H2,5,7);1H3,(H2,3,5). The summed E-state index contributed by atoms with van der Waals surface area (Å²) in [7, 11) is 1.43. The lowest BCUT2D eigenvalue weighted by Gasteiger charge is -2.04. The van der Waals surface area contributed by atoms with Crippen molar-refractivity contribution in [3.05, 3.63) is 0 Å². The maximum Gasteiger partial charge on any atom is 0.254 e. The first kappa shape index (κ1) is 13.9. The van der Waals surface area contributed by atoms with Crippen LogP contribution in [0.25, 0.3) is 0 Å². The van der Waals surface area contributed by atoms with Crippen LogP contribution in [-0.4, -0.2) is 23.6 Å². The molecular weight excluding hydrogens is 196 g/mol. The molecule has 0 rings (SSSR count). The minimum Gasteiger partial charge on any atom is -0.475 e. The Morgan fingerprint density at radius 3 is 1.50 bits per heavy atom. The third-order valence-electron chi connectivity index (χ3n) is 0.553. The van der Waals surface area contributed by atoms with E-state index in [1.54, 1.807) is 0 Å². The van der Waals surface area contributed by atoms with Crippen LogP contribution in [0, 0.1) is 0 Å². The maximum atomic E-state index is 5.00. The van der Waals surface area contributed by atoms with Gasteiger partial charge in [-0.1, -0.05) is 0 Å². The second kappa shape index (κ2) is 8.48. The molecule has 0 atom stereocenters. The molecule has 12 heavy (non-hydrogen) atoms. The van der Waals surface area contributed by atoms with Gasteiger partial charge in [0, 0.05) is 0 Å². The number of hydrogen-bond acceptors (Lipinski definition) is 4. The van der Waals surface area contributed by atoms with Gasteiger partial charge < -0.3 is 20.9 Å². The quantitative estimate of drug-likeness (QED) is 0.615. The van der Waals surface area contributed by atoms with E-state index in [1.807, 2.05) is 13.8 Å². The van der Waals surface area contributed by atoms with Crippen molar-refractivity contribution in [2.45, 2.75) is 20.0 Å². The predicted molar refractivity (Wildman–Crippen MR) is 56.8 cm³/mol. The molecule has 72 valence electrons. The molecule has 0 saturated carbocycles. The van der Waals surface area contributed by atoms with Crippen molar-refractivity contribution in [1.82, 2.24) is 0 Å². The summed E-state index contributed by atoms with van der Waals surface area (Å²) in [4.78, 5) is 0. The fourth-order valence-corrected chi connectivity index (χ4v) is 0.425. The molecule has 0 aromatic rings. The molecule has 0 aliphatic heterocycles. The Bertz CT molecular complexity index is 150. The monoisotopic (exact) mass is 210 g/mol. The molecule has 0 spiro atoms. The molecule has 4 nitrogen and oxygen atoms in total. The number of hydrogen-bond donors (Lipinski definition) is 2. The largest absolute Gasteiger partial charge is 0.475 e. The third-order valence-corrected chi connectivity index (χ3v) is 0.816. The highest BCUT2D eigenvalue weighted by atomic mass is 32.1. The molecule has 6 heteroatoms. The van der Waals surface area contributed by atoms with Crippen molar-refractivity contribution in [2.24, 2.45) is 11.5 Å². The lowest BCUT2D eigenvalue weighted by molar-refractivity contribution is 0.232. The highest BCUT2D eigenvalue weighted by molar-refractivity contribution is 7.80. The lowest BCUT2D eigenvalue weighted by atomic mass is 10.5. The topological polar surface area (TPSA) is 70.5 Å². The minimum absolute atomic E-state index is 0.0880. The van der Waals surface area contributed by atoms with E-state index in [0.717, 1.165) is 0 Å². The molecule has 0 amide bonds. The highest BCUT2D eigenvalue weighted by Crippen LogP contribution is 1.84. The third kappa shape index (κ3) is 22.8. The molecule has 0 bridgehead atoms. The van der Waals surface area contributed by atoms with Gasteiger partial charge in [0.25, 0.3) is 10.3 Å². The van der Waals surface area contributed by atoms with Crippen LogP contribution in [0.1, 0.15) is 13.8 Å². The predicted octanol–water partition coefficient (Wildman–Crippen LogP) is 0.531. The molecule has 0 saturated heterocycles. The van der Waals surface area contributed by atoms with E-state index in [9.17, 15) is 0 Å². The number of nitrogens with two attached hydrogens (primary N) is 2. The van der Waals surface area contributed by atoms with E-state index in [4.69, 9.17) is 16.2 Å². The Kier molecular flexibility index (Phi) is 9.84. The zero-order valence-corrected chi connectivity index (χ0v) is 9.00. The van der Waals surface area contributed by atoms with Crippen molar-refractivity contribution in [2.75, 3.05) is 7.11 Å². The summed E-state index contributed by atoms with van der Waals surface area (Å²) in [6, 6.07) is 0. The average molecular weight is 210 g/mol. The van der Waals surface area contributed by atoms with Crippen molar-refractivity contribution in [1.29, 1.82) is 0 Å². The van der Waals surface area contributed by atoms with Gasteiger partial charge in [-0.3, -0.25) is 0 Å². The maximum absolute atomic E-state index is 5.00. The first-order chi connectivity index (χ1) is 5.40. The molecular formula is C6H14N2O2S2. The van der Waals surface area contributed by atoms with E-state index in [2.05, 4.69) is 29.2 Å². The Balaban J connectivity index is 0. The average Bonchev–Trinajstić information content (AvgIpc) is 1.85. The first-order valence-electron chi connectivity index (χ1n) is 3.19. The summed E-state index contributed by atoms with van der Waals surface area (Å²) >= 11 is 8.68. The Labute approximate surface area is 83.2 Å². The Hall–Kier alpha value is -0.620. The van der Waals surface area contributed by atoms with Crippen LogP contribution in [0.15, 0.2) is 0 Å². The van der Waals surface area contributed by atoms with Crippen molar-refractivity contribution in [3.63, 3.8) is 0 Å². The summed E-state index contributed by atoms with van der Waals surface area (Å²) in [6.45, 7) is 3.75. The van der Waals surface area contributed by atoms with E-state index in [-0.39, 0.29) is 16.5 Å². The molecule has 0 radical (unpaired) electrons. The second-order valence-corrected chi connectivity index (χ2v) is 2.81. The van der Waals surface area contributed by atoms with Crippen molar-refractivity contribution >= 4 is 34.8 Å². The van der Waals surface area contributed by atoms with Crippen LogP contribution >= 0.6 is 24.4 Å². The van der Waals surface area contributed by atoms with Crippen LogP contribution in [0.4, 0.5) is 0 Å². The van der Waals surface area contributed by atoms with Gasteiger partial charge in [0.05, 0.1) is 13.2 Å². The Morgan fingerprint density at radius 1 is 1.17 bits per heavy atom. The van der Waals surface area contributed by atoms with Gasteiger partial charge in [0.15, 0.2) is 0 Å². The van der Waals surface area contributed by atoms with Crippen molar-refractivity contribution < 1.29 is 9.47 Å². The van der Waals surface area contributed by atoms with Crippen LogP contribution in [0.3, 0.4) is 0 Å². The van der Waals surface area contributed by atoms with Gasteiger partial charge in [-0.2, -0.15) is 0 Å². The van der Waals surface area contributed by atoms with Gasteiger partial charge in [0.2, 0.25) is 0 Å². The number of thiocarbonyl (C=S) groups is 2. The zero-order chi connectivity index (χ0) is 10.1. The van der Waals surface area contributed by atoms with Crippen LogP contribution in [0.2, 0.25) is 0 Å². The highest BCUT2D eigenvalue weighted by Gasteiger charge is 1.90. The zero-order valence-electron chi connectivity index (χ0n) is 7.37. The summed E-state index contributed by atoms with van der Waals surface area (Å²) in [5, 5.41) is 0.208. The van der Waals surface area contributed by atoms with E-state index in [0.29, 0.717) is 0 Å². The molecule has 0 aromatic heterocycles. The molecule has 0 aliphatic carbocycles. The van der Waals surface area contributed by atoms with Gasteiger partial charge in [-0.25, -0.2) is 0 Å². The van der Waals surface area contributed by atoms with Gasteiger partial charge in [-0.05, 0) is 38.3 Å². The van der Waals surface area contributed by atoms with Crippen LogP contribution in [-0.2, 0) is 9.47 Å². The van der Waals surface area contributed by atoms with Gasteiger partial charge in [-0.15, -0.1) is 0 Å². The normalized spacial score (nSPS) is 8.00. The molecule has 0 fully saturated rings. The van der Waals surface area contributed by atoms with Gasteiger partial charge >= 0.3 is 0 Å². The SMILES string of the molecule is CC(C)OC(N)=S.COC(N)=S. The Morgan fingerprint density at radius 2 is 1.50 bits per heavy atom. The molecule has 0 unspecified atom stereocenters. The van der Waals surface area contributed by atoms with Crippen LogP contribution in [0.5, 0.6) is 0 Å². The fourth-order valence-electron chi connectivity index (χ4n) is 0.232. The minimum atomic E-state index is 0.0880. The summed E-state index contributed by atoms with van der Waals surface area (Å²) < 4.78 is 9.02. The molecule has 0 aliphatic rings. The second-order valence-electron chi connectivity index (χ2n) is 2.01. The summed E-state index contributed by atoms with van der Waals surface area (Å²) in [6.07, 6.45) is 0.109. The smallest absolute Gasteiger partial charge is 0.254 e. The molecule has 0 aromatic carbocycles. The summed E-state index contributed by atoms with van der Waals surface area (Å²) in [5.74, 6) is 0. The van der Waals surface area contributed by atoms with E-state index < -0.39 is 0 Å². The van der Waals surface area contributed by atoms with E-state index >= 15 is 0 Å². The van der Waals surface area contributed by atoms with Crippen LogP contribution < -0.4 is 11.5 Å². The molecule has 4 N–H and O–H groups in total. The fraction of sp³-hybridized carbons (Fsp3) is 0.667. The lowest BCUT2D eigenvalue weighted by Crippen LogP contribution is -2.17.